The molecule has 1 saturated carbocycles. The molecule has 33 heavy (non-hydrogen) atoms. The molecule has 0 aromatic heterocycles. The van der Waals surface area contributed by atoms with Crippen LogP contribution in [0.15, 0.2) is 41.3 Å². The summed E-state index contributed by atoms with van der Waals surface area (Å²) in [6.07, 6.45) is -0.378. The van der Waals surface area contributed by atoms with Gasteiger partial charge in [-0.25, -0.2) is 8.42 Å². The van der Waals surface area contributed by atoms with E-state index < -0.39 is 21.8 Å². The molecular weight excluding hydrogens is 455 g/mol. The van der Waals surface area contributed by atoms with Gasteiger partial charge in [0.25, 0.3) is 10.0 Å². The maximum absolute atomic E-state index is 13.6. The van der Waals surface area contributed by atoms with E-state index in [4.69, 9.17) is 9.47 Å². The largest absolute Gasteiger partial charge is 0.496 e. The SMILES string of the molecule is COCc1cc(S(=O)(=O)Nc2ccc(C(F)(F)F)c(C[C@@H]3CCCC(C)C3)c2)ccc1OC. The minimum absolute atomic E-state index is 0.0297. The molecule has 5 nitrogen and oxygen atoms in total. The van der Waals surface area contributed by atoms with E-state index >= 15 is 0 Å². The maximum atomic E-state index is 13.6. The van der Waals surface area contributed by atoms with Gasteiger partial charge in [0, 0.05) is 18.4 Å². The summed E-state index contributed by atoms with van der Waals surface area (Å²) < 4.78 is 79.6. The molecule has 1 unspecified atom stereocenters. The van der Waals surface area contributed by atoms with Crippen LogP contribution in [0.2, 0.25) is 0 Å². The maximum Gasteiger partial charge on any atom is 0.416 e. The summed E-state index contributed by atoms with van der Waals surface area (Å²) in [5, 5.41) is 0. The monoisotopic (exact) mass is 485 g/mol. The van der Waals surface area contributed by atoms with Crippen LogP contribution in [0.4, 0.5) is 18.9 Å². The summed E-state index contributed by atoms with van der Waals surface area (Å²) in [5.41, 5.74) is 0.0560. The standard InChI is InChI=1S/C24H30F3NO4S/c1-16-5-4-6-17(11-16)12-18-13-20(7-9-22(18)24(25,26)27)28-33(29,30)21-8-10-23(32-3)19(14-21)15-31-2/h7-10,13-14,16-17,28H,4-6,11-12,15H2,1-3H3/t16?,17-/m1/s1. The minimum Gasteiger partial charge on any atom is -0.496 e. The highest BCUT2D eigenvalue weighted by Crippen LogP contribution is 2.38. The first kappa shape index (κ1) is 25.4. The van der Waals surface area contributed by atoms with Crippen molar-refractivity contribution in [1.82, 2.24) is 0 Å². The lowest BCUT2D eigenvalue weighted by molar-refractivity contribution is -0.138. The lowest BCUT2D eigenvalue weighted by Gasteiger charge is -2.28. The Morgan fingerprint density at radius 2 is 1.82 bits per heavy atom. The Morgan fingerprint density at radius 1 is 1.06 bits per heavy atom. The van der Waals surface area contributed by atoms with Crippen LogP contribution in [0.1, 0.15) is 49.3 Å². The van der Waals surface area contributed by atoms with E-state index in [-0.39, 0.29) is 35.1 Å². The fourth-order valence-corrected chi connectivity index (χ4v) is 5.66. The number of rotatable bonds is 8. The predicted octanol–water partition coefficient (Wildman–Crippen LogP) is 6.03. The van der Waals surface area contributed by atoms with Crippen molar-refractivity contribution >= 4 is 15.7 Å². The van der Waals surface area contributed by atoms with Gasteiger partial charge in [0.15, 0.2) is 0 Å². The third-order valence-corrected chi connectivity index (χ3v) is 7.46. The van der Waals surface area contributed by atoms with E-state index in [1.165, 1.54) is 38.5 Å². The summed E-state index contributed by atoms with van der Waals surface area (Å²) in [6, 6.07) is 7.77. The highest BCUT2D eigenvalue weighted by molar-refractivity contribution is 7.92. The first-order chi connectivity index (χ1) is 15.5. The molecule has 9 heteroatoms. The number of alkyl halides is 3. The number of anilines is 1. The summed E-state index contributed by atoms with van der Waals surface area (Å²) in [4.78, 5) is -0.0297. The second-order valence-corrected chi connectivity index (χ2v) is 10.4. The minimum atomic E-state index is -4.50. The summed E-state index contributed by atoms with van der Waals surface area (Å²) >= 11 is 0. The number of hydrogen-bond donors (Lipinski definition) is 1. The Balaban J connectivity index is 1.90. The van der Waals surface area contributed by atoms with Crippen LogP contribution < -0.4 is 9.46 Å². The van der Waals surface area contributed by atoms with Gasteiger partial charge in [0.2, 0.25) is 0 Å². The molecule has 1 fully saturated rings. The fraction of sp³-hybridized carbons (Fsp3) is 0.500. The second-order valence-electron chi connectivity index (χ2n) is 8.72. The van der Waals surface area contributed by atoms with Crippen molar-refractivity contribution < 1.29 is 31.1 Å². The van der Waals surface area contributed by atoms with E-state index in [1.54, 1.807) is 0 Å². The number of benzene rings is 2. The van der Waals surface area contributed by atoms with Crippen molar-refractivity contribution in [2.24, 2.45) is 11.8 Å². The predicted molar refractivity (Wildman–Crippen MR) is 121 cm³/mol. The third-order valence-electron chi connectivity index (χ3n) is 6.08. The van der Waals surface area contributed by atoms with Gasteiger partial charge in [0.05, 0.1) is 24.2 Å². The average Bonchev–Trinajstić information content (AvgIpc) is 2.73. The van der Waals surface area contributed by atoms with Crippen molar-refractivity contribution in [3.63, 3.8) is 0 Å². The Morgan fingerprint density at radius 3 is 2.45 bits per heavy atom. The molecule has 182 valence electrons. The Labute approximate surface area is 193 Å². The van der Waals surface area contributed by atoms with Crippen LogP contribution >= 0.6 is 0 Å². The number of ether oxygens (including phenoxy) is 2. The lowest BCUT2D eigenvalue weighted by atomic mass is 9.79. The molecule has 0 spiro atoms. The van der Waals surface area contributed by atoms with Crippen LogP contribution in [0.25, 0.3) is 0 Å². The van der Waals surface area contributed by atoms with Crippen molar-refractivity contribution in [2.45, 2.75) is 56.7 Å². The molecule has 2 aromatic rings. The highest BCUT2D eigenvalue weighted by Gasteiger charge is 2.34. The Hall–Kier alpha value is -2.26. The van der Waals surface area contributed by atoms with Crippen LogP contribution in [-0.4, -0.2) is 22.6 Å². The molecule has 2 atom stereocenters. The van der Waals surface area contributed by atoms with Crippen molar-refractivity contribution in [2.75, 3.05) is 18.9 Å². The van der Waals surface area contributed by atoms with Gasteiger partial charge in [-0.3, -0.25) is 4.72 Å². The average molecular weight is 486 g/mol. The Bertz CT molecular complexity index is 1070. The zero-order chi connectivity index (χ0) is 24.2. The van der Waals surface area contributed by atoms with Gasteiger partial charge >= 0.3 is 6.18 Å². The first-order valence-electron chi connectivity index (χ1n) is 10.9. The second kappa shape index (κ2) is 10.3. The third kappa shape index (κ3) is 6.41. The van der Waals surface area contributed by atoms with E-state index in [2.05, 4.69) is 11.6 Å². The van der Waals surface area contributed by atoms with E-state index in [9.17, 15) is 21.6 Å². The molecule has 2 aromatic carbocycles. The highest BCUT2D eigenvalue weighted by atomic mass is 32.2. The fourth-order valence-electron chi connectivity index (χ4n) is 4.56. The van der Waals surface area contributed by atoms with Gasteiger partial charge < -0.3 is 9.47 Å². The summed E-state index contributed by atoms with van der Waals surface area (Å²) in [6.45, 7) is 2.27. The van der Waals surface area contributed by atoms with Gasteiger partial charge in [-0.2, -0.15) is 13.2 Å². The van der Waals surface area contributed by atoms with Crippen LogP contribution in [0.3, 0.4) is 0 Å². The summed E-state index contributed by atoms with van der Waals surface area (Å²) in [5.74, 6) is 1.12. The smallest absolute Gasteiger partial charge is 0.416 e. The molecule has 0 saturated heterocycles. The van der Waals surface area contributed by atoms with Crippen molar-refractivity contribution in [3.05, 3.63) is 53.1 Å². The normalized spacial score (nSPS) is 19.3. The molecule has 0 aliphatic heterocycles. The van der Waals surface area contributed by atoms with Crippen molar-refractivity contribution in [1.29, 1.82) is 0 Å². The van der Waals surface area contributed by atoms with Gasteiger partial charge in [-0.1, -0.05) is 26.2 Å². The lowest BCUT2D eigenvalue weighted by Crippen LogP contribution is -2.19. The Kier molecular flexibility index (Phi) is 7.95. The summed E-state index contributed by atoms with van der Waals surface area (Å²) in [7, 11) is -1.08. The number of hydrogen-bond acceptors (Lipinski definition) is 4. The molecule has 0 bridgehead atoms. The molecule has 1 aliphatic carbocycles. The topological polar surface area (TPSA) is 64.6 Å². The number of nitrogens with one attached hydrogen (secondary N) is 1. The van der Waals surface area contributed by atoms with Crippen LogP contribution in [-0.2, 0) is 34.0 Å². The van der Waals surface area contributed by atoms with Gasteiger partial charge in [-0.15, -0.1) is 0 Å². The zero-order valence-corrected chi connectivity index (χ0v) is 19.9. The number of halogens is 3. The van der Waals surface area contributed by atoms with Gasteiger partial charge in [-0.05, 0) is 66.6 Å². The van der Waals surface area contributed by atoms with E-state index in [1.807, 2.05) is 0 Å². The molecule has 1 aliphatic rings. The van der Waals surface area contributed by atoms with Gasteiger partial charge in [0.1, 0.15) is 5.75 Å². The molecular formula is C24H30F3NO4S. The molecule has 1 N–H and O–H groups in total. The first-order valence-corrected chi connectivity index (χ1v) is 12.4. The number of sulfonamides is 1. The molecule has 0 heterocycles. The molecule has 0 radical (unpaired) electrons. The quantitative estimate of drug-likeness (QED) is 0.496. The van der Waals surface area contributed by atoms with Crippen molar-refractivity contribution in [3.8, 4) is 5.75 Å². The van der Waals surface area contributed by atoms with E-state index in [0.717, 1.165) is 37.8 Å². The molecule has 0 amide bonds. The van der Waals surface area contributed by atoms with E-state index in [0.29, 0.717) is 17.2 Å². The molecule has 3 rings (SSSR count). The zero-order valence-electron chi connectivity index (χ0n) is 19.0. The van der Waals surface area contributed by atoms with Crippen LogP contribution in [0, 0.1) is 11.8 Å². The van der Waals surface area contributed by atoms with Crippen LogP contribution in [0.5, 0.6) is 5.75 Å². The number of methoxy groups -OCH3 is 2.